The highest BCUT2D eigenvalue weighted by molar-refractivity contribution is 5.81. The second kappa shape index (κ2) is 6.52. The van der Waals surface area contributed by atoms with Crippen molar-refractivity contribution in [3.8, 4) is 0 Å². The van der Waals surface area contributed by atoms with Gasteiger partial charge in [-0.05, 0) is 31.5 Å². The molecule has 0 spiro atoms. The van der Waals surface area contributed by atoms with E-state index in [1.165, 1.54) is 0 Å². The standard InChI is InChI=1S/C15H21N3O2/c1-17-15(20)12-7-9-18(10-8-12)13(14(16)19)11-5-3-2-4-6-11/h2-6,12-13H,7-10H2,1H3,(H2,16,19)(H,17,20)/t13-/m1/s1. The minimum Gasteiger partial charge on any atom is -0.368 e. The Morgan fingerprint density at radius 1 is 1.25 bits per heavy atom. The number of carbonyl (C=O) groups is 2. The highest BCUT2D eigenvalue weighted by Gasteiger charge is 2.31. The van der Waals surface area contributed by atoms with Gasteiger partial charge in [-0.2, -0.15) is 0 Å². The van der Waals surface area contributed by atoms with Crippen LogP contribution in [0.15, 0.2) is 30.3 Å². The summed E-state index contributed by atoms with van der Waals surface area (Å²) in [4.78, 5) is 25.5. The molecule has 5 nitrogen and oxygen atoms in total. The molecule has 1 saturated heterocycles. The van der Waals surface area contributed by atoms with Crippen molar-refractivity contribution in [3.05, 3.63) is 35.9 Å². The third kappa shape index (κ3) is 3.17. The maximum absolute atomic E-state index is 11.8. The van der Waals surface area contributed by atoms with Crippen molar-refractivity contribution in [1.29, 1.82) is 0 Å². The van der Waals surface area contributed by atoms with Gasteiger partial charge in [-0.25, -0.2) is 0 Å². The second-order valence-electron chi connectivity index (χ2n) is 5.14. The molecule has 20 heavy (non-hydrogen) atoms. The molecule has 0 bridgehead atoms. The largest absolute Gasteiger partial charge is 0.368 e. The van der Waals surface area contributed by atoms with Gasteiger partial charge < -0.3 is 11.1 Å². The van der Waals surface area contributed by atoms with Crippen LogP contribution in [0.1, 0.15) is 24.4 Å². The predicted molar refractivity (Wildman–Crippen MR) is 76.7 cm³/mol. The van der Waals surface area contributed by atoms with E-state index in [1.807, 2.05) is 30.3 Å². The van der Waals surface area contributed by atoms with Crippen LogP contribution in [0.2, 0.25) is 0 Å². The van der Waals surface area contributed by atoms with Crippen LogP contribution in [-0.4, -0.2) is 36.9 Å². The molecule has 1 heterocycles. The smallest absolute Gasteiger partial charge is 0.239 e. The van der Waals surface area contributed by atoms with E-state index in [2.05, 4.69) is 10.2 Å². The zero-order valence-electron chi connectivity index (χ0n) is 11.7. The molecule has 2 amide bonds. The van der Waals surface area contributed by atoms with Crippen molar-refractivity contribution < 1.29 is 9.59 Å². The monoisotopic (exact) mass is 275 g/mol. The Hall–Kier alpha value is -1.88. The van der Waals surface area contributed by atoms with Crippen LogP contribution in [0, 0.1) is 5.92 Å². The number of benzene rings is 1. The van der Waals surface area contributed by atoms with Gasteiger partial charge in [0.05, 0.1) is 0 Å². The zero-order chi connectivity index (χ0) is 14.5. The number of likely N-dealkylation sites (tertiary alicyclic amines) is 1. The van der Waals surface area contributed by atoms with Gasteiger partial charge in [-0.1, -0.05) is 30.3 Å². The van der Waals surface area contributed by atoms with E-state index in [0.717, 1.165) is 18.4 Å². The maximum Gasteiger partial charge on any atom is 0.239 e. The summed E-state index contributed by atoms with van der Waals surface area (Å²) in [5.74, 6) is -0.213. The van der Waals surface area contributed by atoms with E-state index in [9.17, 15) is 9.59 Å². The highest BCUT2D eigenvalue weighted by atomic mass is 16.2. The average molecular weight is 275 g/mol. The van der Waals surface area contributed by atoms with Gasteiger partial charge >= 0.3 is 0 Å². The van der Waals surface area contributed by atoms with E-state index in [1.54, 1.807) is 7.05 Å². The van der Waals surface area contributed by atoms with Crippen molar-refractivity contribution in [2.24, 2.45) is 11.7 Å². The number of amides is 2. The number of nitrogens with two attached hydrogens (primary N) is 1. The molecule has 0 aliphatic carbocycles. The molecule has 5 heteroatoms. The molecule has 1 aromatic rings. The quantitative estimate of drug-likeness (QED) is 0.848. The van der Waals surface area contributed by atoms with Gasteiger partial charge in [0.1, 0.15) is 6.04 Å². The number of piperidine rings is 1. The summed E-state index contributed by atoms with van der Waals surface area (Å²) in [5, 5.41) is 2.68. The SMILES string of the molecule is CNC(=O)C1CCN([C@@H](C(N)=O)c2ccccc2)CC1. The molecule has 0 unspecified atom stereocenters. The van der Waals surface area contributed by atoms with E-state index >= 15 is 0 Å². The fourth-order valence-corrected chi connectivity index (χ4v) is 2.81. The Morgan fingerprint density at radius 2 is 1.85 bits per heavy atom. The Bertz CT molecular complexity index is 467. The van der Waals surface area contributed by atoms with Crippen LogP contribution in [0.5, 0.6) is 0 Å². The number of hydrogen-bond donors (Lipinski definition) is 2. The number of nitrogens with one attached hydrogen (secondary N) is 1. The minimum absolute atomic E-state index is 0.0422. The lowest BCUT2D eigenvalue weighted by molar-refractivity contribution is -0.127. The third-order valence-corrected chi connectivity index (χ3v) is 3.90. The lowest BCUT2D eigenvalue weighted by Crippen LogP contribution is -2.45. The molecular weight excluding hydrogens is 254 g/mol. The zero-order valence-corrected chi connectivity index (χ0v) is 11.7. The van der Waals surface area contributed by atoms with Crippen molar-refractivity contribution in [2.45, 2.75) is 18.9 Å². The van der Waals surface area contributed by atoms with Crippen LogP contribution in [0.3, 0.4) is 0 Å². The third-order valence-electron chi connectivity index (χ3n) is 3.90. The average Bonchev–Trinajstić information content (AvgIpc) is 2.48. The summed E-state index contributed by atoms with van der Waals surface area (Å²) in [6, 6.07) is 9.16. The van der Waals surface area contributed by atoms with Gasteiger partial charge in [0, 0.05) is 13.0 Å². The molecule has 1 aliphatic rings. The topological polar surface area (TPSA) is 75.4 Å². The van der Waals surface area contributed by atoms with Crippen molar-refractivity contribution in [2.75, 3.05) is 20.1 Å². The minimum atomic E-state index is -0.401. The van der Waals surface area contributed by atoms with Crippen LogP contribution in [0.25, 0.3) is 0 Å². The summed E-state index contributed by atoms with van der Waals surface area (Å²) in [5.41, 5.74) is 6.48. The molecular formula is C15H21N3O2. The van der Waals surface area contributed by atoms with E-state index < -0.39 is 6.04 Å². The molecule has 108 valence electrons. The first-order valence-corrected chi connectivity index (χ1v) is 6.93. The fraction of sp³-hybridized carbons (Fsp3) is 0.467. The van der Waals surface area contributed by atoms with Crippen LogP contribution >= 0.6 is 0 Å². The number of carbonyl (C=O) groups excluding carboxylic acids is 2. The summed E-state index contributed by atoms with van der Waals surface area (Å²) in [6.45, 7) is 1.42. The molecule has 1 aromatic carbocycles. The summed E-state index contributed by atoms with van der Waals surface area (Å²) >= 11 is 0. The molecule has 3 N–H and O–H groups in total. The van der Waals surface area contributed by atoms with Gasteiger partial charge in [0.15, 0.2) is 0 Å². The van der Waals surface area contributed by atoms with E-state index in [4.69, 9.17) is 5.73 Å². The Kier molecular flexibility index (Phi) is 4.74. The fourth-order valence-electron chi connectivity index (χ4n) is 2.81. The Labute approximate surface area is 119 Å². The van der Waals surface area contributed by atoms with Crippen molar-refractivity contribution in [3.63, 3.8) is 0 Å². The molecule has 0 aromatic heterocycles. The molecule has 2 rings (SSSR count). The Morgan fingerprint density at radius 3 is 2.35 bits per heavy atom. The normalized spacial score (nSPS) is 18.4. The Balaban J connectivity index is 2.06. The molecule has 1 atom stereocenters. The van der Waals surface area contributed by atoms with Gasteiger partial charge in [0.25, 0.3) is 0 Å². The van der Waals surface area contributed by atoms with Gasteiger partial charge in [0.2, 0.25) is 11.8 Å². The second-order valence-corrected chi connectivity index (χ2v) is 5.14. The lowest BCUT2D eigenvalue weighted by Gasteiger charge is -2.35. The highest BCUT2D eigenvalue weighted by Crippen LogP contribution is 2.26. The van der Waals surface area contributed by atoms with Crippen molar-refractivity contribution >= 4 is 11.8 Å². The van der Waals surface area contributed by atoms with E-state index in [0.29, 0.717) is 13.1 Å². The first kappa shape index (κ1) is 14.5. The maximum atomic E-state index is 11.8. The van der Waals surface area contributed by atoms with Crippen LogP contribution in [-0.2, 0) is 9.59 Å². The first-order valence-electron chi connectivity index (χ1n) is 6.93. The molecule has 1 fully saturated rings. The number of rotatable bonds is 4. The van der Waals surface area contributed by atoms with Crippen molar-refractivity contribution in [1.82, 2.24) is 10.2 Å². The van der Waals surface area contributed by atoms with Crippen LogP contribution < -0.4 is 11.1 Å². The molecule has 1 aliphatic heterocycles. The number of primary amides is 1. The number of hydrogen-bond acceptors (Lipinski definition) is 3. The lowest BCUT2D eigenvalue weighted by atomic mass is 9.93. The van der Waals surface area contributed by atoms with Crippen LogP contribution in [0.4, 0.5) is 0 Å². The van der Waals surface area contributed by atoms with Gasteiger partial charge in [-0.15, -0.1) is 0 Å². The summed E-state index contributed by atoms with van der Waals surface area (Å²) in [6.07, 6.45) is 1.52. The van der Waals surface area contributed by atoms with Gasteiger partial charge in [-0.3, -0.25) is 14.5 Å². The summed E-state index contributed by atoms with van der Waals surface area (Å²) < 4.78 is 0. The summed E-state index contributed by atoms with van der Waals surface area (Å²) in [7, 11) is 1.66. The van der Waals surface area contributed by atoms with E-state index in [-0.39, 0.29) is 17.7 Å². The molecule has 0 saturated carbocycles. The first-order chi connectivity index (χ1) is 9.63. The molecule has 0 radical (unpaired) electrons. The number of nitrogens with zero attached hydrogens (tertiary/aromatic N) is 1. The predicted octanol–water partition coefficient (Wildman–Crippen LogP) is 0.671.